The van der Waals surface area contributed by atoms with Crippen molar-refractivity contribution in [3.8, 4) is 0 Å². The van der Waals surface area contributed by atoms with Gasteiger partial charge in [0.15, 0.2) is 5.13 Å². The fourth-order valence-electron chi connectivity index (χ4n) is 2.70. The number of fused-ring (bicyclic) bond motifs is 1. The normalized spacial score (nSPS) is 10.4. The fourth-order valence-corrected chi connectivity index (χ4v) is 3.60. The van der Waals surface area contributed by atoms with Gasteiger partial charge in [-0.3, -0.25) is 19.0 Å². The Morgan fingerprint density at radius 1 is 1.35 bits per heavy atom. The summed E-state index contributed by atoms with van der Waals surface area (Å²) in [4.78, 5) is 34.9. The number of carbonyl (C=O) groups is 1. The van der Waals surface area contributed by atoms with Gasteiger partial charge in [-0.2, -0.15) is 0 Å². The predicted molar refractivity (Wildman–Crippen MR) is 121 cm³/mol. The van der Waals surface area contributed by atoms with Crippen molar-refractivity contribution in [2.45, 2.75) is 20.8 Å². The van der Waals surface area contributed by atoms with Crippen molar-refractivity contribution < 1.29 is 19.1 Å². The van der Waals surface area contributed by atoms with E-state index >= 15 is 0 Å². The van der Waals surface area contributed by atoms with Gasteiger partial charge >= 0.3 is 0 Å². The number of thiazole rings is 1. The highest BCUT2D eigenvalue weighted by molar-refractivity contribution is 7.22. The van der Waals surface area contributed by atoms with Crippen LogP contribution in [0.3, 0.4) is 0 Å². The summed E-state index contributed by atoms with van der Waals surface area (Å²) in [7, 11) is 3.12. The molecule has 9 nitrogen and oxygen atoms in total. The third-order valence-electron chi connectivity index (χ3n) is 4.11. The van der Waals surface area contributed by atoms with Crippen LogP contribution in [0.25, 0.3) is 10.2 Å². The van der Waals surface area contributed by atoms with E-state index in [1.807, 2.05) is 13.8 Å². The number of hydrogen-bond donors (Lipinski definition) is 4. The Hall–Kier alpha value is -3.02. The molecular weight excluding hydrogens is 425 g/mol. The zero-order valence-corrected chi connectivity index (χ0v) is 18.8. The number of aliphatic hydroxyl groups is 1. The summed E-state index contributed by atoms with van der Waals surface area (Å²) in [6, 6.07) is 4.56. The SMILES string of the molecule is CC.CNc1nc2c(C(=O)NOCCO)c(Nc3ccc(C)cc3F)n(C)c(=O)c2s1. The summed E-state index contributed by atoms with van der Waals surface area (Å²) in [5, 5.41) is 15.0. The van der Waals surface area contributed by atoms with Crippen molar-refractivity contribution in [2.75, 3.05) is 30.9 Å². The van der Waals surface area contributed by atoms with E-state index in [-0.39, 0.29) is 46.1 Å². The number of halogens is 1. The molecule has 0 unspecified atom stereocenters. The topological polar surface area (TPSA) is 118 Å². The minimum atomic E-state index is -0.693. The lowest BCUT2D eigenvalue weighted by molar-refractivity contribution is 0.0169. The smallest absolute Gasteiger partial charge is 0.280 e. The Morgan fingerprint density at radius 3 is 2.68 bits per heavy atom. The molecular formula is C20H26FN5O4S. The number of amides is 1. The summed E-state index contributed by atoms with van der Waals surface area (Å²) in [5.74, 6) is -1.17. The lowest BCUT2D eigenvalue weighted by atomic mass is 10.1. The average molecular weight is 452 g/mol. The first-order chi connectivity index (χ1) is 14.9. The van der Waals surface area contributed by atoms with Crippen molar-refractivity contribution in [3.63, 3.8) is 0 Å². The Kier molecular flexibility index (Phi) is 8.48. The van der Waals surface area contributed by atoms with Gasteiger partial charge in [-0.25, -0.2) is 14.9 Å². The van der Waals surface area contributed by atoms with E-state index in [4.69, 9.17) is 9.94 Å². The zero-order chi connectivity index (χ0) is 23.1. The van der Waals surface area contributed by atoms with E-state index in [0.29, 0.717) is 5.13 Å². The van der Waals surface area contributed by atoms with Gasteiger partial charge in [0.25, 0.3) is 11.5 Å². The van der Waals surface area contributed by atoms with Crippen LogP contribution >= 0.6 is 11.3 Å². The molecule has 0 atom stereocenters. The molecule has 0 aliphatic carbocycles. The van der Waals surface area contributed by atoms with E-state index in [2.05, 4.69) is 21.1 Å². The maximum atomic E-state index is 14.4. The van der Waals surface area contributed by atoms with Crippen LogP contribution in [0, 0.1) is 12.7 Å². The van der Waals surface area contributed by atoms with Crippen LogP contribution in [-0.4, -0.2) is 40.8 Å². The lowest BCUT2D eigenvalue weighted by Gasteiger charge is -2.17. The zero-order valence-electron chi connectivity index (χ0n) is 18.0. The second kappa shape index (κ2) is 10.8. The maximum absolute atomic E-state index is 14.4. The number of hydrogen-bond acceptors (Lipinski definition) is 8. The van der Waals surface area contributed by atoms with Crippen LogP contribution in [0.4, 0.5) is 21.0 Å². The number of carbonyl (C=O) groups excluding carboxylic acids is 1. The Labute approximate surface area is 182 Å². The van der Waals surface area contributed by atoms with Crippen LogP contribution in [0.15, 0.2) is 23.0 Å². The van der Waals surface area contributed by atoms with E-state index in [9.17, 15) is 14.0 Å². The number of aliphatic hydroxyl groups excluding tert-OH is 1. The number of aryl methyl sites for hydroxylation is 1. The number of nitrogens with one attached hydrogen (secondary N) is 3. The van der Waals surface area contributed by atoms with E-state index in [1.54, 1.807) is 20.0 Å². The molecule has 0 radical (unpaired) electrons. The molecule has 3 aromatic rings. The van der Waals surface area contributed by atoms with Gasteiger partial charge in [-0.05, 0) is 24.6 Å². The second-order valence-corrected chi connectivity index (χ2v) is 7.15. The number of anilines is 3. The summed E-state index contributed by atoms with van der Waals surface area (Å²) in [6.45, 7) is 5.35. The summed E-state index contributed by atoms with van der Waals surface area (Å²) < 4.78 is 15.9. The van der Waals surface area contributed by atoms with Gasteiger partial charge in [0.2, 0.25) is 0 Å². The van der Waals surface area contributed by atoms with Crippen LogP contribution in [0.5, 0.6) is 0 Å². The van der Waals surface area contributed by atoms with Gasteiger partial charge in [0, 0.05) is 14.1 Å². The summed E-state index contributed by atoms with van der Waals surface area (Å²) in [5.41, 5.74) is 2.82. The highest BCUT2D eigenvalue weighted by Crippen LogP contribution is 2.31. The van der Waals surface area contributed by atoms with E-state index in [0.717, 1.165) is 16.9 Å². The standard InChI is InChI=1S/C18H20FN5O4S.C2H6/c1-9-4-5-11(10(19)8-9)21-15-12(16(26)23-28-7-6-25)13-14(17(27)24(15)3)29-18(20-2)22-13;1-2/h4-5,8,21,25H,6-7H2,1-3H3,(H,20,22)(H,23,26);1-2H3. The van der Waals surface area contributed by atoms with Gasteiger partial charge in [0.05, 0.1) is 18.9 Å². The quantitative estimate of drug-likeness (QED) is 0.322. The van der Waals surface area contributed by atoms with E-state index < -0.39 is 11.7 Å². The number of nitrogens with zero attached hydrogens (tertiary/aromatic N) is 2. The van der Waals surface area contributed by atoms with Crippen molar-refractivity contribution in [3.05, 3.63) is 45.5 Å². The molecule has 0 aliphatic rings. The van der Waals surface area contributed by atoms with Crippen molar-refractivity contribution in [1.29, 1.82) is 0 Å². The number of aromatic nitrogens is 2. The average Bonchev–Trinajstić information content (AvgIpc) is 3.19. The minimum absolute atomic E-state index is 0.0118. The molecule has 0 bridgehead atoms. The van der Waals surface area contributed by atoms with Crippen molar-refractivity contribution in [1.82, 2.24) is 15.0 Å². The van der Waals surface area contributed by atoms with Crippen LogP contribution in [-0.2, 0) is 11.9 Å². The highest BCUT2D eigenvalue weighted by atomic mass is 32.1. The predicted octanol–water partition coefficient (Wildman–Crippen LogP) is 2.91. The molecule has 1 aromatic carbocycles. The number of benzene rings is 1. The first kappa shape index (κ1) is 24.3. The van der Waals surface area contributed by atoms with Gasteiger partial charge in [-0.1, -0.05) is 31.3 Å². The Morgan fingerprint density at radius 2 is 2.06 bits per heavy atom. The van der Waals surface area contributed by atoms with Crippen LogP contribution in [0.2, 0.25) is 0 Å². The van der Waals surface area contributed by atoms with Gasteiger partial charge in [-0.15, -0.1) is 0 Å². The van der Waals surface area contributed by atoms with Crippen LogP contribution < -0.4 is 21.7 Å². The maximum Gasteiger partial charge on any atom is 0.280 e. The Bertz CT molecular complexity index is 1130. The molecule has 0 aliphatic heterocycles. The minimum Gasteiger partial charge on any atom is -0.394 e. The molecule has 0 spiro atoms. The monoisotopic (exact) mass is 451 g/mol. The molecule has 0 saturated heterocycles. The Balaban J connectivity index is 0.00000166. The lowest BCUT2D eigenvalue weighted by Crippen LogP contribution is -2.30. The number of rotatable bonds is 7. The molecule has 3 rings (SSSR count). The number of pyridine rings is 1. The molecule has 4 N–H and O–H groups in total. The molecule has 11 heteroatoms. The molecule has 31 heavy (non-hydrogen) atoms. The molecule has 0 fully saturated rings. The van der Waals surface area contributed by atoms with Crippen LogP contribution in [0.1, 0.15) is 29.8 Å². The largest absolute Gasteiger partial charge is 0.394 e. The van der Waals surface area contributed by atoms with Crippen molar-refractivity contribution >= 4 is 44.1 Å². The third kappa shape index (κ3) is 5.19. The van der Waals surface area contributed by atoms with Gasteiger partial charge in [0.1, 0.15) is 27.4 Å². The molecule has 2 heterocycles. The summed E-state index contributed by atoms with van der Waals surface area (Å²) >= 11 is 1.10. The first-order valence-corrected chi connectivity index (χ1v) is 10.5. The molecule has 168 valence electrons. The summed E-state index contributed by atoms with van der Waals surface area (Å²) in [6.07, 6.45) is 0. The molecule has 2 aromatic heterocycles. The third-order valence-corrected chi connectivity index (χ3v) is 5.17. The highest BCUT2D eigenvalue weighted by Gasteiger charge is 2.25. The van der Waals surface area contributed by atoms with E-state index in [1.165, 1.54) is 23.7 Å². The fraction of sp³-hybridized carbons (Fsp3) is 0.350. The second-order valence-electron chi connectivity index (χ2n) is 6.15. The molecule has 0 saturated carbocycles. The van der Waals surface area contributed by atoms with Crippen molar-refractivity contribution in [2.24, 2.45) is 7.05 Å². The first-order valence-electron chi connectivity index (χ1n) is 9.64. The van der Waals surface area contributed by atoms with Gasteiger partial charge < -0.3 is 15.7 Å². The molecule has 1 amide bonds. The number of hydroxylamine groups is 1.